The van der Waals surface area contributed by atoms with Gasteiger partial charge in [0.1, 0.15) is 5.75 Å². The first kappa shape index (κ1) is 19.7. The van der Waals surface area contributed by atoms with Gasteiger partial charge in [0.25, 0.3) is 0 Å². The third-order valence-corrected chi connectivity index (χ3v) is 4.67. The van der Waals surface area contributed by atoms with Crippen molar-refractivity contribution >= 4 is 22.9 Å². The molecule has 1 amide bonds. The lowest BCUT2D eigenvalue weighted by Crippen LogP contribution is -2.20. The van der Waals surface area contributed by atoms with E-state index in [0.29, 0.717) is 6.54 Å². The lowest BCUT2D eigenvalue weighted by molar-refractivity contribution is -0.116. The fourth-order valence-corrected chi connectivity index (χ4v) is 3.02. The van der Waals surface area contributed by atoms with Gasteiger partial charge in [-0.1, -0.05) is 24.3 Å². The van der Waals surface area contributed by atoms with Crippen LogP contribution in [0.25, 0.3) is 17.0 Å². The van der Waals surface area contributed by atoms with E-state index in [4.69, 9.17) is 4.74 Å². The molecule has 0 atom stereocenters. The molecule has 0 bridgehead atoms. The number of nitrogens with zero attached hydrogens (tertiary/aromatic N) is 1. The number of methoxy groups -OCH3 is 1. The number of carbonyl (C=O) groups is 1. The van der Waals surface area contributed by atoms with E-state index in [1.165, 1.54) is 10.9 Å². The molecule has 0 saturated heterocycles. The Labute approximate surface area is 166 Å². The highest BCUT2D eigenvalue weighted by molar-refractivity contribution is 5.93. The van der Waals surface area contributed by atoms with Crippen LogP contribution >= 0.6 is 0 Å². The fourth-order valence-electron chi connectivity index (χ4n) is 3.02. The molecule has 0 unspecified atom stereocenters. The molecule has 146 valence electrons. The number of rotatable bonds is 8. The number of ether oxygens (including phenoxy) is 1. The second kappa shape index (κ2) is 9.24. The van der Waals surface area contributed by atoms with Crippen LogP contribution in [0.15, 0.2) is 54.7 Å². The van der Waals surface area contributed by atoms with E-state index in [1.807, 2.05) is 36.4 Å². The van der Waals surface area contributed by atoms with Crippen molar-refractivity contribution in [2.24, 2.45) is 0 Å². The molecule has 2 aromatic carbocycles. The molecule has 0 aliphatic rings. The van der Waals surface area contributed by atoms with E-state index in [0.717, 1.165) is 35.4 Å². The summed E-state index contributed by atoms with van der Waals surface area (Å²) in [5, 5.41) is 4.14. The maximum atomic E-state index is 12.1. The van der Waals surface area contributed by atoms with E-state index in [1.54, 1.807) is 13.2 Å². The fraction of sp³-hybridized carbons (Fsp3) is 0.261. The van der Waals surface area contributed by atoms with Gasteiger partial charge in [-0.25, -0.2) is 0 Å². The van der Waals surface area contributed by atoms with Gasteiger partial charge in [0.05, 0.1) is 7.11 Å². The third-order valence-electron chi connectivity index (χ3n) is 4.67. The zero-order valence-electron chi connectivity index (χ0n) is 16.7. The van der Waals surface area contributed by atoms with Crippen molar-refractivity contribution in [3.05, 3.63) is 71.4 Å². The number of benzene rings is 2. The van der Waals surface area contributed by atoms with Gasteiger partial charge in [0.2, 0.25) is 5.91 Å². The molecule has 0 radical (unpaired) electrons. The van der Waals surface area contributed by atoms with Crippen LogP contribution in [-0.2, 0) is 17.8 Å². The zero-order valence-corrected chi connectivity index (χ0v) is 16.7. The Morgan fingerprint density at radius 1 is 1.18 bits per heavy atom. The zero-order chi connectivity index (χ0) is 19.9. The van der Waals surface area contributed by atoms with Crippen LogP contribution in [0, 0.1) is 0 Å². The van der Waals surface area contributed by atoms with E-state index < -0.39 is 0 Å². The van der Waals surface area contributed by atoms with Crippen molar-refractivity contribution in [1.29, 1.82) is 0 Å². The second-order valence-electron chi connectivity index (χ2n) is 7.07. The molecular weight excluding hydrogens is 350 g/mol. The molecule has 3 rings (SSSR count). The average molecular weight is 377 g/mol. The molecule has 1 aromatic heterocycles. The summed E-state index contributed by atoms with van der Waals surface area (Å²) in [6.07, 6.45) is 6.49. The Kier molecular flexibility index (Phi) is 6.50. The summed E-state index contributed by atoms with van der Waals surface area (Å²) in [6.45, 7) is 1.50. The first-order valence-corrected chi connectivity index (χ1v) is 9.39. The lowest BCUT2D eigenvalue weighted by atomic mass is 10.1. The van der Waals surface area contributed by atoms with Crippen molar-refractivity contribution in [2.45, 2.75) is 13.0 Å². The van der Waals surface area contributed by atoms with Gasteiger partial charge in [-0.05, 0) is 61.5 Å². The molecule has 2 N–H and O–H groups in total. The minimum atomic E-state index is -0.117. The van der Waals surface area contributed by atoms with Gasteiger partial charge in [-0.15, -0.1) is 0 Å². The normalized spacial score (nSPS) is 11.4. The summed E-state index contributed by atoms with van der Waals surface area (Å²) in [5.74, 6) is 0.689. The van der Waals surface area contributed by atoms with Crippen LogP contribution in [-0.4, -0.2) is 43.5 Å². The molecule has 0 saturated carbocycles. The molecule has 3 aromatic rings. The highest BCUT2D eigenvalue weighted by Crippen LogP contribution is 2.21. The number of H-pyrrole nitrogens is 1. The molecule has 5 heteroatoms. The lowest BCUT2D eigenvalue weighted by Gasteiger charge is -2.08. The molecule has 0 aliphatic carbocycles. The van der Waals surface area contributed by atoms with E-state index in [-0.39, 0.29) is 5.91 Å². The van der Waals surface area contributed by atoms with Gasteiger partial charge in [-0.3, -0.25) is 4.79 Å². The largest absolute Gasteiger partial charge is 0.497 e. The Morgan fingerprint density at radius 2 is 1.96 bits per heavy atom. The summed E-state index contributed by atoms with van der Waals surface area (Å²) in [7, 11) is 5.80. The minimum absolute atomic E-state index is 0.117. The van der Waals surface area contributed by atoms with Crippen molar-refractivity contribution in [2.75, 3.05) is 27.7 Å². The maximum absolute atomic E-state index is 12.1. The summed E-state index contributed by atoms with van der Waals surface area (Å²) in [6, 6.07) is 13.9. The number of likely N-dealkylation sites (N-methyl/N-ethyl adjacent to an activating group) is 1. The predicted octanol–water partition coefficient (Wildman–Crippen LogP) is 3.61. The highest BCUT2D eigenvalue weighted by atomic mass is 16.5. The quantitative estimate of drug-likeness (QED) is 0.590. The number of aromatic amines is 1. The number of aromatic nitrogens is 1. The molecule has 5 nitrogen and oxygen atoms in total. The topological polar surface area (TPSA) is 57.4 Å². The van der Waals surface area contributed by atoms with Gasteiger partial charge in [0, 0.05) is 36.3 Å². The SMILES string of the molecule is COc1ccc(CNC(=O)C=Cc2ccc3c(CCN(C)C)c[nH]c3c2)cc1. The van der Waals surface area contributed by atoms with E-state index in [9.17, 15) is 4.79 Å². The second-order valence-corrected chi connectivity index (χ2v) is 7.07. The van der Waals surface area contributed by atoms with Gasteiger partial charge >= 0.3 is 0 Å². The Hall–Kier alpha value is -3.05. The number of hydrogen-bond donors (Lipinski definition) is 2. The first-order chi connectivity index (χ1) is 13.5. The van der Waals surface area contributed by atoms with Crippen molar-refractivity contribution in [3.8, 4) is 5.75 Å². The summed E-state index contributed by atoms with van der Waals surface area (Å²) >= 11 is 0. The van der Waals surface area contributed by atoms with Gasteiger partial charge in [-0.2, -0.15) is 0 Å². The number of amides is 1. The van der Waals surface area contributed by atoms with E-state index in [2.05, 4.69) is 47.6 Å². The average Bonchev–Trinajstić information content (AvgIpc) is 3.11. The summed E-state index contributed by atoms with van der Waals surface area (Å²) < 4.78 is 5.14. The third kappa shape index (κ3) is 5.24. The van der Waals surface area contributed by atoms with Gasteiger partial charge < -0.3 is 19.9 Å². The molecule has 28 heavy (non-hydrogen) atoms. The Bertz CT molecular complexity index is 956. The van der Waals surface area contributed by atoms with Crippen molar-refractivity contribution < 1.29 is 9.53 Å². The van der Waals surface area contributed by atoms with Crippen molar-refractivity contribution in [3.63, 3.8) is 0 Å². The Morgan fingerprint density at radius 3 is 2.68 bits per heavy atom. The van der Waals surface area contributed by atoms with Crippen LogP contribution in [0.5, 0.6) is 5.75 Å². The predicted molar refractivity (Wildman–Crippen MR) is 114 cm³/mol. The molecular formula is C23H27N3O2. The van der Waals surface area contributed by atoms with Gasteiger partial charge in [0.15, 0.2) is 0 Å². The van der Waals surface area contributed by atoms with Crippen molar-refractivity contribution in [1.82, 2.24) is 15.2 Å². The number of fused-ring (bicyclic) bond motifs is 1. The summed E-state index contributed by atoms with van der Waals surface area (Å²) in [4.78, 5) is 17.6. The number of carbonyl (C=O) groups excluding carboxylic acids is 1. The smallest absolute Gasteiger partial charge is 0.244 e. The molecule has 0 aliphatic heterocycles. The molecule has 0 fully saturated rings. The molecule has 0 spiro atoms. The minimum Gasteiger partial charge on any atom is -0.497 e. The van der Waals surface area contributed by atoms with E-state index >= 15 is 0 Å². The Balaban J connectivity index is 1.58. The van der Waals surface area contributed by atoms with Crippen LogP contribution in [0.2, 0.25) is 0 Å². The van der Waals surface area contributed by atoms with Crippen LogP contribution in [0.3, 0.4) is 0 Å². The molecule has 1 heterocycles. The number of hydrogen-bond acceptors (Lipinski definition) is 3. The van der Waals surface area contributed by atoms with Crippen LogP contribution in [0.1, 0.15) is 16.7 Å². The summed E-state index contributed by atoms with van der Waals surface area (Å²) in [5.41, 5.74) is 4.43. The monoisotopic (exact) mass is 377 g/mol. The highest BCUT2D eigenvalue weighted by Gasteiger charge is 2.05. The maximum Gasteiger partial charge on any atom is 0.244 e. The number of nitrogens with one attached hydrogen (secondary N) is 2. The van der Waals surface area contributed by atoms with Crippen LogP contribution in [0.4, 0.5) is 0 Å². The van der Waals surface area contributed by atoms with Crippen LogP contribution < -0.4 is 10.1 Å². The standard InChI is InChI=1S/C23H27N3O2/c1-26(2)13-12-19-16-24-22-14-17(6-10-21(19)22)7-11-23(27)25-15-18-4-8-20(28-3)9-5-18/h4-11,14,16,24H,12-13,15H2,1-3H3,(H,25,27). The first-order valence-electron chi connectivity index (χ1n) is 9.39.